The maximum Gasteiger partial charge on any atom is 0.294 e. The fourth-order valence-corrected chi connectivity index (χ4v) is 4.56. The van der Waals surface area contributed by atoms with Crippen molar-refractivity contribution in [1.82, 2.24) is 19.9 Å². The number of hydrogen-bond donors (Lipinski definition) is 3. The summed E-state index contributed by atoms with van der Waals surface area (Å²) in [5.74, 6) is -2.00. The van der Waals surface area contributed by atoms with Gasteiger partial charge in [0.1, 0.15) is 17.8 Å². The predicted molar refractivity (Wildman–Crippen MR) is 148 cm³/mol. The first-order valence-electron chi connectivity index (χ1n) is 12.7. The van der Waals surface area contributed by atoms with Gasteiger partial charge in [0.05, 0.1) is 48.3 Å². The molecule has 0 saturated carbocycles. The summed E-state index contributed by atoms with van der Waals surface area (Å²) in [6.07, 6.45) is 1.16. The smallest absolute Gasteiger partial charge is 0.294 e. The third-order valence-electron chi connectivity index (χ3n) is 6.39. The van der Waals surface area contributed by atoms with Crippen LogP contribution in [0.1, 0.15) is 19.4 Å². The van der Waals surface area contributed by atoms with Gasteiger partial charge in [0.2, 0.25) is 11.9 Å². The molecule has 0 amide bonds. The van der Waals surface area contributed by atoms with Gasteiger partial charge in [-0.25, -0.2) is 18.7 Å². The topological polar surface area (TPSA) is 151 Å². The Balaban J connectivity index is 1.67. The Morgan fingerprint density at radius 2 is 1.83 bits per heavy atom. The van der Waals surface area contributed by atoms with Gasteiger partial charge in [-0.15, -0.1) is 0 Å². The van der Waals surface area contributed by atoms with E-state index >= 15 is 0 Å². The number of morpholine rings is 1. The van der Waals surface area contributed by atoms with E-state index in [4.69, 9.17) is 9.47 Å². The lowest BCUT2D eigenvalue weighted by Crippen LogP contribution is -2.50. The van der Waals surface area contributed by atoms with Crippen molar-refractivity contribution >= 4 is 34.6 Å². The number of rotatable bonds is 10. The first kappa shape index (κ1) is 29.8. The van der Waals surface area contributed by atoms with Crippen LogP contribution >= 0.6 is 0 Å². The zero-order valence-electron chi connectivity index (χ0n) is 23.3. The number of aliphatic hydroxyl groups is 1. The van der Waals surface area contributed by atoms with Gasteiger partial charge in [-0.1, -0.05) is 0 Å². The van der Waals surface area contributed by atoms with Crippen molar-refractivity contribution < 1.29 is 28.3 Å². The van der Waals surface area contributed by atoms with Crippen molar-refractivity contribution in [3.8, 4) is 5.75 Å². The Morgan fingerprint density at radius 1 is 1.17 bits per heavy atom. The van der Waals surface area contributed by atoms with Gasteiger partial charge in [-0.05, 0) is 34.0 Å². The predicted octanol–water partition coefficient (Wildman–Crippen LogP) is 3.55. The number of nitro benzene ring substituents is 1. The Morgan fingerprint density at radius 3 is 2.44 bits per heavy atom. The van der Waals surface area contributed by atoms with E-state index in [2.05, 4.69) is 25.6 Å². The molecule has 0 radical (unpaired) electrons. The van der Waals surface area contributed by atoms with Gasteiger partial charge in [0.25, 0.3) is 5.69 Å². The second kappa shape index (κ2) is 12.1. The monoisotopic (exact) mass is 574 g/mol. The number of aromatic nitrogens is 3. The van der Waals surface area contributed by atoms with Crippen LogP contribution in [-0.2, 0) is 10.3 Å². The minimum Gasteiger partial charge on any atom is -0.494 e. The first-order chi connectivity index (χ1) is 19.4. The average Bonchev–Trinajstić information content (AvgIpc) is 2.90. The summed E-state index contributed by atoms with van der Waals surface area (Å²) in [6, 6.07) is 4.60. The molecule has 4 rings (SSSR count). The van der Waals surface area contributed by atoms with Crippen molar-refractivity contribution in [3.63, 3.8) is 0 Å². The van der Waals surface area contributed by atoms with Crippen LogP contribution in [0.25, 0.3) is 0 Å². The molecule has 1 saturated heterocycles. The zero-order chi connectivity index (χ0) is 29.9. The average molecular weight is 575 g/mol. The highest BCUT2D eigenvalue weighted by atomic mass is 19.2. The lowest BCUT2D eigenvalue weighted by atomic mass is 9.96. The molecule has 1 aliphatic heterocycles. The molecule has 1 aliphatic rings. The van der Waals surface area contributed by atoms with E-state index in [-0.39, 0.29) is 40.6 Å². The van der Waals surface area contributed by atoms with Crippen LogP contribution in [0, 0.1) is 21.7 Å². The zero-order valence-corrected chi connectivity index (χ0v) is 23.3. The van der Waals surface area contributed by atoms with Gasteiger partial charge in [0.15, 0.2) is 11.6 Å². The Kier molecular flexibility index (Phi) is 8.80. The van der Waals surface area contributed by atoms with Crippen molar-refractivity contribution in [1.29, 1.82) is 0 Å². The number of hydrogen-bond acceptors (Lipinski definition) is 12. The van der Waals surface area contributed by atoms with Crippen LogP contribution in [0.5, 0.6) is 5.75 Å². The lowest BCUT2D eigenvalue weighted by molar-refractivity contribution is -0.384. The first-order valence-corrected chi connectivity index (χ1v) is 12.7. The summed E-state index contributed by atoms with van der Waals surface area (Å²) in [4.78, 5) is 28.0. The number of nitrogens with zero attached hydrogens (tertiary/aromatic N) is 6. The van der Waals surface area contributed by atoms with Crippen LogP contribution in [0.15, 0.2) is 30.6 Å². The largest absolute Gasteiger partial charge is 0.494 e. The van der Waals surface area contributed by atoms with Gasteiger partial charge in [-0.3, -0.25) is 10.1 Å². The molecule has 0 spiro atoms. The maximum atomic E-state index is 14.0. The third kappa shape index (κ3) is 6.93. The summed E-state index contributed by atoms with van der Waals surface area (Å²) in [7, 11) is 5.28. The summed E-state index contributed by atoms with van der Waals surface area (Å²) in [5, 5.41) is 28.3. The molecule has 13 nitrogen and oxygen atoms in total. The number of benzene rings is 2. The fraction of sp³-hybridized carbons (Fsp3) is 0.423. The molecular formula is C26H32F2N8O5. The normalized spacial score (nSPS) is 15.6. The molecule has 2 heterocycles. The number of nitro groups is 1. The third-order valence-corrected chi connectivity index (χ3v) is 6.39. The second-order valence-corrected chi connectivity index (χ2v) is 10.2. The molecule has 1 atom stereocenters. The second-order valence-electron chi connectivity index (χ2n) is 10.2. The van der Waals surface area contributed by atoms with Crippen LogP contribution in [-0.4, -0.2) is 83.4 Å². The van der Waals surface area contributed by atoms with Gasteiger partial charge in [0, 0.05) is 36.9 Å². The number of likely N-dealkylation sites (N-methyl/N-ethyl adjacent to an activating group) is 1. The highest BCUT2D eigenvalue weighted by molar-refractivity contribution is 5.77. The van der Waals surface area contributed by atoms with E-state index in [0.29, 0.717) is 37.7 Å². The van der Waals surface area contributed by atoms with Crippen LogP contribution in [0.3, 0.4) is 0 Å². The fourth-order valence-electron chi connectivity index (χ4n) is 4.56. The van der Waals surface area contributed by atoms with Crippen LogP contribution in [0.4, 0.5) is 43.4 Å². The van der Waals surface area contributed by atoms with E-state index < -0.39 is 22.2 Å². The lowest BCUT2D eigenvalue weighted by Gasteiger charge is -2.38. The highest BCUT2D eigenvalue weighted by Gasteiger charge is 2.31. The Hall–Kier alpha value is -4.21. The SMILES string of the molecule is COc1cc(N2CCOC[C@@H]2CN(C)C)c([N+](=O)[O-])cc1Nc1ncnc(Nc2cc(F)c(F)cc2C(C)(C)O)n1. The van der Waals surface area contributed by atoms with Crippen molar-refractivity contribution in [2.24, 2.45) is 0 Å². The number of ether oxygens (including phenoxy) is 2. The molecule has 0 bridgehead atoms. The Bertz CT molecular complexity index is 1420. The van der Waals surface area contributed by atoms with Crippen molar-refractivity contribution in [2.45, 2.75) is 25.5 Å². The van der Waals surface area contributed by atoms with E-state index in [9.17, 15) is 24.0 Å². The summed E-state index contributed by atoms with van der Waals surface area (Å²) in [5.41, 5.74) is -0.919. The minimum atomic E-state index is -1.51. The molecule has 1 aromatic heterocycles. The molecule has 0 unspecified atom stereocenters. The molecule has 41 heavy (non-hydrogen) atoms. The van der Waals surface area contributed by atoms with Crippen LogP contribution < -0.4 is 20.3 Å². The highest BCUT2D eigenvalue weighted by Crippen LogP contribution is 2.40. The number of halogens is 2. The molecule has 3 N–H and O–H groups in total. The maximum absolute atomic E-state index is 14.0. The van der Waals surface area contributed by atoms with Gasteiger partial charge >= 0.3 is 0 Å². The number of anilines is 5. The molecule has 3 aromatic rings. The minimum absolute atomic E-state index is 0.00732. The van der Waals surface area contributed by atoms with E-state index in [0.717, 1.165) is 18.5 Å². The standard InChI is InChI=1S/C26H32F2N8O5/c1-26(2,37)16-8-17(27)18(28)9-19(16)31-24-29-14-30-25(33-24)32-20-10-22(36(38)39)21(11-23(20)40-5)35-6-7-41-13-15(35)12-34(3)4/h8-11,14-15,37H,6-7,12-13H2,1-5H3,(H2,29,30,31,32,33)/t15-/m0/s1. The molecular weight excluding hydrogens is 542 g/mol. The van der Waals surface area contributed by atoms with E-state index in [1.807, 2.05) is 23.9 Å². The summed E-state index contributed by atoms with van der Waals surface area (Å²) in [6.45, 7) is 4.80. The molecule has 2 aromatic carbocycles. The van der Waals surface area contributed by atoms with E-state index in [1.165, 1.54) is 27.0 Å². The molecule has 220 valence electrons. The Labute approximate surface area is 235 Å². The number of methoxy groups -OCH3 is 1. The summed E-state index contributed by atoms with van der Waals surface area (Å²) >= 11 is 0. The van der Waals surface area contributed by atoms with Gasteiger partial charge in [-0.2, -0.15) is 4.98 Å². The van der Waals surface area contributed by atoms with Crippen molar-refractivity contribution in [3.05, 3.63) is 57.9 Å². The van der Waals surface area contributed by atoms with Crippen LogP contribution in [0.2, 0.25) is 0 Å². The quantitative estimate of drug-likeness (QED) is 0.240. The van der Waals surface area contributed by atoms with Crippen molar-refractivity contribution in [2.75, 3.05) is 63.0 Å². The van der Waals surface area contributed by atoms with E-state index in [1.54, 1.807) is 6.07 Å². The summed E-state index contributed by atoms with van der Waals surface area (Å²) < 4.78 is 39.1. The van der Waals surface area contributed by atoms with Gasteiger partial charge < -0.3 is 35.0 Å². The molecule has 1 fully saturated rings. The molecule has 0 aliphatic carbocycles. The molecule has 15 heteroatoms. The number of nitrogens with one attached hydrogen (secondary N) is 2.